The topological polar surface area (TPSA) is 49.3 Å². The molecule has 1 aliphatic rings. The Labute approximate surface area is 145 Å². The van der Waals surface area contributed by atoms with E-state index in [2.05, 4.69) is 27.5 Å². The van der Waals surface area contributed by atoms with E-state index < -0.39 is 11.9 Å². The van der Waals surface area contributed by atoms with E-state index in [1.807, 2.05) is 0 Å². The highest BCUT2D eigenvalue weighted by Gasteiger charge is 2.33. The lowest BCUT2D eigenvalue weighted by molar-refractivity contribution is -0.140. The molecule has 1 saturated carbocycles. The molecule has 0 amide bonds. The van der Waals surface area contributed by atoms with E-state index in [9.17, 15) is 13.2 Å². The molecule has 0 aliphatic heterocycles. The molecule has 1 aliphatic carbocycles. The Bertz CT molecular complexity index is 548. The van der Waals surface area contributed by atoms with Crippen LogP contribution in [-0.2, 0) is 12.6 Å². The van der Waals surface area contributed by atoms with Gasteiger partial charge in [-0.1, -0.05) is 19.8 Å². The van der Waals surface area contributed by atoms with Gasteiger partial charge in [0.1, 0.15) is 0 Å². The van der Waals surface area contributed by atoms with Crippen LogP contribution >= 0.6 is 11.3 Å². The third-order valence-electron chi connectivity index (χ3n) is 4.74. The van der Waals surface area contributed by atoms with E-state index in [0.717, 1.165) is 29.7 Å². The average molecular weight is 362 g/mol. The number of halogens is 3. The molecule has 0 bridgehead atoms. The van der Waals surface area contributed by atoms with Crippen molar-refractivity contribution in [1.82, 2.24) is 15.6 Å². The van der Waals surface area contributed by atoms with Gasteiger partial charge in [0.05, 0.1) is 5.01 Å². The SMILES string of the molecule is CCC1(CNC(=NC)NCCc2nc(C(F)(F)F)cs2)CCCC1. The van der Waals surface area contributed by atoms with E-state index in [0.29, 0.717) is 29.3 Å². The third-order valence-corrected chi connectivity index (χ3v) is 5.65. The summed E-state index contributed by atoms with van der Waals surface area (Å²) in [5, 5.41) is 8.06. The van der Waals surface area contributed by atoms with Crippen LogP contribution < -0.4 is 10.6 Å². The minimum Gasteiger partial charge on any atom is -0.356 e. The monoisotopic (exact) mass is 362 g/mol. The molecule has 0 radical (unpaired) electrons. The van der Waals surface area contributed by atoms with Gasteiger partial charge in [-0.2, -0.15) is 13.2 Å². The Morgan fingerprint density at radius 2 is 2.04 bits per heavy atom. The van der Waals surface area contributed by atoms with Crippen LogP contribution in [0, 0.1) is 5.41 Å². The smallest absolute Gasteiger partial charge is 0.356 e. The van der Waals surface area contributed by atoms with E-state index in [-0.39, 0.29) is 0 Å². The van der Waals surface area contributed by atoms with Gasteiger partial charge in [0.2, 0.25) is 0 Å². The van der Waals surface area contributed by atoms with Gasteiger partial charge in [-0.25, -0.2) is 4.98 Å². The van der Waals surface area contributed by atoms with Crippen molar-refractivity contribution in [2.45, 2.75) is 51.6 Å². The second-order valence-electron chi connectivity index (χ2n) is 6.29. The van der Waals surface area contributed by atoms with Crippen LogP contribution in [-0.4, -0.2) is 31.1 Å². The normalized spacial score (nSPS) is 18.0. The van der Waals surface area contributed by atoms with Gasteiger partial charge in [0, 0.05) is 31.9 Å². The fourth-order valence-corrected chi connectivity index (χ4v) is 3.92. The Hall–Kier alpha value is -1.31. The largest absolute Gasteiger partial charge is 0.434 e. The summed E-state index contributed by atoms with van der Waals surface area (Å²) in [6.45, 7) is 3.62. The fourth-order valence-electron chi connectivity index (χ4n) is 3.12. The first-order valence-corrected chi connectivity index (χ1v) is 9.23. The number of thiazole rings is 1. The summed E-state index contributed by atoms with van der Waals surface area (Å²) in [6, 6.07) is 0. The van der Waals surface area contributed by atoms with Gasteiger partial charge in [0.15, 0.2) is 11.7 Å². The fraction of sp³-hybridized carbons (Fsp3) is 0.750. The van der Waals surface area contributed by atoms with Crippen molar-refractivity contribution in [3.63, 3.8) is 0 Å². The Morgan fingerprint density at radius 3 is 2.58 bits per heavy atom. The molecule has 4 nitrogen and oxygen atoms in total. The molecule has 1 heterocycles. The van der Waals surface area contributed by atoms with Gasteiger partial charge in [-0.15, -0.1) is 11.3 Å². The lowest BCUT2D eigenvalue weighted by Gasteiger charge is -2.28. The first-order valence-electron chi connectivity index (χ1n) is 8.35. The molecule has 2 N–H and O–H groups in total. The van der Waals surface area contributed by atoms with Crippen molar-refractivity contribution in [3.05, 3.63) is 16.1 Å². The van der Waals surface area contributed by atoms with E-state index in [1.54, 1.807) is 7.05 Å². The van der Waals surface area contributed by atoms with E-state index in [4.69, 9.17) is 0 Å². The van der Waals surface area contributed by atoms with Gasteiger partial charge < -0.3 is 10.6 Å². The number of hydrogen-bond acceptors (Lipinski definition) is 3. The summed E-state index contributed by atoms with van der Waals surface area (Å²) < 4.78 is 37.6. The molecule has 0 aromatic carbocycles. The molecule has 24 heavy (non-hydrogen) atoms. The summed E-state index contributed by atoms with van der Waals surface area (Å²) in [5.74, 6) is 0.697. The first-order chi connectivity index (χ1) is 11.4. The number of aliphatic imine (C=N–C) groups is 1. The van der Waals surface area contributed by atoms with E-state index >= 15 is 0 Å². The van der Waals surface area contributed by atoms with Gasteiger partial charge in [0.25, 0.3) is 0 Å². The summed E-state index contributed by atoms with van der Waals surface area (Å²) in [5.41, 5.74) is -0.453. The van der Waals surface area contributed by atoms with Crippen LogP contribution in [0.3, 0.4) is 0 Å². The second-order valence-corrected chi connectivity index (χ2v) is 7.23. The van der Waals surface area contributed by atoms with Crippen LogP contribution in [0.25, 0.3) is 0 Å². The van der Waals surface area contributed by atoms with Crippen molar-refractivity contribution in [3.8, 4) is 0 Å². The van der Waals surface area contributed by atoms with Crippen LogP contribution in [0.5, 0.6) is 0 Å². The molecule has 8 heteroatoms. The zero-order valence-corrected chi connectivity index (χ0v) is 15.0. The maximum Gasteiger partial charge on any atom is 0.434 e. The number of alkyl halides is 3. The summed E-state index contributed by atoms with van der Waals surface area (Å²) in [7, 11) is 1.70. The molecular formula is C16H25F3N4S. The highest BCUT2D eigenvalue weighted by atomic mass is 32.1. The Balaban J connectivity index is 1.76. The first kappa shape index (κ1) is 19.0. The molecule has 136 valence electrons. The highest BCUT2D eigenvalue weighted by Crippen LogP contribution is 2.40. The minimum absolute atomic E-state index is 0.356. The maximum absolute atomic E-state index is 12.5. The molecule has 0 spiro atoms. The zero-order valence-electron chi connectivity index (χ0n) is 14.2. The van der Waals surface area contributed by atoms with Crippen molar-refractivity contribution >= 4 is 17.3 Å². The second kappa shape index (κ2) is 8.18. The Morgan fingerprint density at radius 1 is 1.33 bits per heavy atom. The molecule has 0 saturated heterocycles. The number of aromatic nitrogens is 1. The van der Waals surface area contributed by atoms with Crippen molar-refractivity contribution < 1.29 is 13.2 Å². The van der Waals surface area contributed by atoms with Gasteiger partial charge >= 0.3 is 6.18 Å². The quantitative estimate of drug-likeness (QED) is 0.597. The number of hydrogen-bond donors (Lipinski definition) is 2. The molecule has 2 rings (SSSR count). The molecule has 0 unspecified atom stereocenters. The van der Waals surface area contributed by atoms with Crippen LogP contribution in [0.15, 0.2) is 10.4 Å². The standard InChI is InChI=1S/C16H25F3N4S/c1-3-15(7-4-5-8-15)11-22-14(20-2)21-9-6-13-23-12(10-24-13)16(17,18)19/h10H,3-9,11H2,1-2H3,(H2,20,21,22). The van der Waals surface area contributed by atoms with Crippen LogP contribution in [0.4, 0.5) is 13.2 Å². The maximum atomic E-state index is 12.5. The summed E-state index contributed by atoms with van der Waals surface area (Å²) in [4.78, 5) is 7.82. The molecule has 1 aromatic heterocycles. The van der Waals surface area contributed by atoms with Crippen LogP contribution in [0.2, 0.25) is 0 Å². The molecule has 0 atom stereocenters. The number of nitrogens with one attached hydrogen (secondary N) is 2. The van der Waals surface area contributed by atoms with E-state index in [1.165, 1.54) is 25.7 Å². The Kier molecular flexibility index (Phi) is 6.48. The van der Waals surface area contributed by atoms with Crippen molar-refractivity contribution in [2.75, 3.05) is 20.1 Å². The predicted octanol–water partition coefficient (Wildman–Crippen LogP) is 3.84. The summed E-state index contributed by atoms with van der Waals surface area (Å²) in [6.07, 6.45) is 2.28. The lowest BCUT2D eigenvalue weighted by Crippen LogP contribution is -2.43. The minimum atomic E-state index is -4.37. The molecule has 1 fully saturated rings. The zero-order chi connectivity index (χ0) is 17.6. The third kappa shape index (κ3) is 5.09. The van der Waals surface area contributed by atoms with Gasteiger partial charge in [-0.3, -0.25) is 4.99 Å². The van der Waals surface area contributed by atoms with Crippen molar-refractivity contribution in [1.29, 1.82) is 0 Å². The summed E-state index contributed by atoms with van der Waals surface area (Å²) >= 11 is 1.04. The number of nitrogens with zero attached hydrogens (tertiary/aromatic N) is 2. The van der Waals surface area contributed by atoms with Crippen LogP contribution in [0.1, 0.15) is 49.7 Å². The molecular weight excluding hydrogens is 337 g/mol. The number of rotatable bonds is 6. The predicted molar refractivity (Wildman–Crippen MR) is 91.4 cm³/mol. The lowest BCUT2D eigenvalue weighted by atomic mass is 9.83. The number of guanidine groups is 1. The van der Waals surface area contributed by atoms with Crippen molar-refractivity contribution in [2.24, 2.45) is 10.4 Å². The van der Waals surface area contributed by atoms with Gasteiger partial charge in [-0.05, 0) is 24.7 Å². The highest BCUT2D eigenvalue weighted by molar-refractivity contribution is 7.09. The average Bonchev–Trinajstić information content (AvgIpc) is 3.20. The molecule has 1 aromatic rings.